The Hall–Kier alpha value is -2.94. The number of rotatable bonds is 5. The Morgan fingerprint density at radius 3 is 2.62 bits per heavy atom. The molecule has 34 heavy (non-hydrogen) atoms. The normalized spacial score (nSPS) is 18.4. The summed E-state index contributed by atoms with van der Waals surface area (Å²) in [5.41, 5.74) is -0.0176. The van der Waals surface area contributed by atoms with Crippen LogP contribution in [0, 0.1) is 0 Å². The Bertz CT molecular complexity index is 1180. The highest BCUT2D eigenvalue weighted by atomic mass is 35.5. The fourth-order valence-corrected chi connectivity index (χ4v) is 4.08. The van der Waals surface area contributed by atoms with Crippen LogP contribution in [0.3, 0.4) is 0 Å². The first-order valence-electron chi connectivity index (χ1n) is 10.8. The van der Waals surface area contributed by atoms with Gasteiger partial charge in [-0.05, 0) is 45.0 Å². The number of pyridine rings is 1. The smallest absolute Gasteiger partial charge is 0.417 e. The van der Waals surface area contributed by atoms with Gasteiger partial charge in [0.2, 0.25) is 0 Å². The molecule has 0 unspecified atom stereocenters. The van der Waals surface area contributed by atoms with Crippen molar-refractivity contribution in [2.24, 2.45) is 0 Å². The van der Waals surface area contributed by atoms with Crippen molar-refractivity contribution in [3.63, 3.8) is 0 Å². The number of halogens is 4. The summed E-state index contributed by atoms with van der Waals surface area (Å²) in [6.45, 7) is 5.67. The first-order chi connectivity index (χ1) is 15.9. The molecule has 0 radical (unpaired) electrons. The topological polar surface area (TPSA) is 56.1 Å². The number of carbonyl (C=O) groups excluding carboxylic acids is 1. The number of hydrogen-bond acceptors (Lipinski definition) is 4. The lowest BCUT2D eigenvalue weighted by Gasteiger charge is -2.42. The molecule has 4 rings (SSSR count). The summed E-state index contributed by atoms with van der Waals surface area (Å²) in [7, 11) is 0. The number of ether oxygens (including phenoxy) is 2. The van der Waals surface area contributed by atoms with E-state index >= 15 is 0 Å². The third-order valence-corrected chi connectivity index (χ3v) is 5.85. The van der Waals surface area contributed by atoms with Crippen molar-refractivity contribution >= 4 is 23.3 Å². The van der Waals surface area contributed by atoms with Gasteiger partial charge in [0.25, 0.3) is 0 Å². The average molecular weight is 496 g/mol. The largest absolute Gasteiger partial charge is 0.490 e. The van der Waals surface area contributed by atoms with E-state index in [0.717, 1.165) is 17.3 Å². The van der Waals surface area contributed by atoms with Gasteiger partial charge in [-0.1, -0.05) is 17.7 Å². The van der Waals surface area contributed by atoms with E-state index in [9.17, 15) is 18.0 Å². The number of hydrogen-bond donors (Lipinski definition) is 0. The van der Waals surface area contributed by atoms with Gasteiger partial charge in [0.1, 0.15) is 23.1 Å². The Balaban J connectivity index is 1.48. The summed E-state index contributed by atoms with van der Waals surface area (Å²) in [5.74, 6) is 0.0890. The standard InChI is InChI=1S/C24H25ClF3N3O3/c1-23(2,3)34-22(32)31(14-15-5-4-9-30-10-8-29-21(15)30)16-11-18(12-16)33-17-6-7-20(25)19(13-17)24(26,27)28/h4-10,13,16,18H,11-12,14H2,1-3H3/t16-,18-. The lowest BCUT2D eigenvalue weighted by molar-refractivity contribution is -0.137. The monoisotopic (exact) mass is 495 g/mol. The minimum absolute atomic E-state index is 0.0890. The molecule has 1 aromatic carbocycles. The zero-order chi connectivity index (χ0) is 24.7. The molecule has 2 aromatic heterocycles. The summed E-state index contributed by atoms with van der Waals surface area (Å²) < 4.78 is 52.7. The van der Waals surface area contributed by atoms with E-state index in [1.165, 1.54) is 12.1 Å². The van der Waals surface area contributed by atoms with Crippen molar-refractivity contribution in [2.45, 2.75) is 64.1 Å². The summed E-state index contributed by atoms with van der Waals surface area (Å²) >= 11 is 5.69. The minimum atomic E-state index is -4.57. The van der Waals surface area contributed by atoms with Crippen LogP contribution in [0.5, 0.6) is 5.75 Å². The van der Waals surface area contributed by atoms with Gasteiger partial charge in [-0.3, -0.25) is 0 Å². The summed E-state index contributed by atoms with van der Waals surface area (Å²) in [5, 5.41) is -0.379. The molecule has 0 bridgehead atoms. The fraction of sp³-hybridized carbons (Fsp3) is 0.417. The van der Waals surface area contributed by atoms with Gasteiger partial charge < -0.3 is 18.8 Å². The van der Waals surface area contributed by atoms with E-state index in [1.54, 1.807) is 31.9 Å². The van der Waals surface area contributed by atoms with E-state index in [0.29, 0.717) is 12.8 Å². The molecule has 0 spiro atoms. The van der Waals surface area contributed by atoms with Crippen LogP contribution in [0.25, 0.3) is 5.65 Å². The van der Waals surface area contributed by atoms with Crippen molar-refractivity contribution in [1.29, 1.82) is 0 Å². The molecule has 10 heteroatoms. The number of benzene rings is 1. The van der Waals surface area contributed by atoms with Crippen LogP contribution < -0.4 is 4.74 Å². The van der Waals surface area contributed by atoms with Crippen LogP contribution in [-0.4, -0.2) is 38.1 Å². The first kappa shape index (κ1) is 24.2. The number of carbonyl (C=O) groups is 1. The van der Waals surface area contributed by atoms with Crippen molar-refractivity contribution in [2.75, 3.05) is 0 Å². The van der Waals surface area contributed by atoms with Crippen LogP contribution in [-0.2, 0) is 17.5 Å². The lowest BCUT2D eigenvalue weighted by atomic mass is 9.87. The fourth-order valence-electron chi connectivity index (χ4n) is 3.85. The molecule has 1 amide bonds. The Morgan fingerprint density at radius 2 is 1.94 bits per heavy atom. The third kappa shape index (κ3) is 5.41. The van der Waals surface area contributed by atoms with Gasteiger partial charge in [-0.2, -0.15) is 13.2 Å². The highest BCUT2D eigenvalue weighted by Crippen LogP contribution is 2.38. The van der Waals surface area contributed by atoms with Crippen molar-refractivity contribution in [1.82, 2.24) is 14.3 Å². The molecule has 1 aliphatic rings. The van der Waals surface area contributed by atoms with Gasteiger partial charge in [-0.25, -0.2) is 9.78 Å². The molecule has 1 aliphatic carbocycles. The van der Waals surface area contributed by atoms with Crippen LogP contribution >= 0.6 is 11.6 Å². The van der Waals surface area contributed by atoms with Crippen molar-refractivity contribution in [3.8, 4) is 5.75 Å². The summed E-state index contributed by atoms with van der Waals surface area (Å²) in [6.07, 6.45) is 0.936. The van der Waals surface area contributed by atoms with E-state index in [1.807, 2.05) is 28.9 Å². The Kier molecular flexibility index (Phi) is 6.42. The molecule has 0 saturated heterocycles. The molecule has 6 nitrogen and oxygen atoms in total. The quantitative estimate of drug-likeness (QED) is 0.413. The molecule has 0 atom stereocenters. The maximum atomic E-state index is 13.1. The minimum Gasteiger partial charge on any atom is -0.490 e. The molecule has 182 valence electrons. The van der Waals surface area contributed by atoms with Crippen LogP contribution in [0.4, 0.5) is 18.0 Å². The molecule has 0 N–H and O–H groups in total. The zero-order valence-electron chi connectivity index (χ0n) is 19.0. The van der Waals surface area contributed by atoms with Crippen molar-refractivity contribution < 1.29 is 27.4 Å². The maximum Gasteiger partial charge on any atom is 0.417 e. The lowest BCUT2D eigenvalue weighted by Crippen LogP contribution is -2.52. The SMILES string of the molecule is CC(C)(C)OC(=O)N(Cc1cccn2ccnc12)[C@H]1C[C@H](Oc2ccc(Cl)c(C(F)(F)F)c2)C1. The Labute approximate surface area is 200 Å². The number of fused-ring (bicyclic) bond motifs is 1. The van der Waals surface area contributed by atoms with Crippen LogP contribution in [0.1, 0.15) is 44.7 Å². The predicted molar refractivity (Wildman–Crippen MR) is 121 cm³/mol. The van der Waals surface area contributed by atoms with Gasteiger partial charge >= 0.3 is 12.3 Å². The molecule has 1 saturated carbocycles. The average Bonchev–Trinajstić information content (AvgIpc) is 3.17. The second-order valence-electron chi connectivity index (χ2n) is 9.30. The maximum absolute atomic E-state index is 13.1. The second kappa shape index (κ2) is 9.02. The second-order valence-corrected chi connectivity index (χ2v) is 9.71. The molecular formula is C24H25ClF3N3O3. The van der Waals surface area contributed by atoms with Gasteiger partial charge in [0.05, 0.1) is 17.1 Å². The summed E-state index contributed by atoms with van der Waals surface area (Å²) in [6, 6.07) is 7.08. The van der Waals surface area contributed by atoms with Gasteiger partial charge in [0, 0.05) is 43.0 Å². The van der Waals surface area contributed by atoms with Crippen molar-refractivity contribution in [3.05, 3.63) is 65.1 Å². The highest BCUT2D eigenvalue weighted by Gasteiger charge is 2.40. The molecule has 3 aromatic rings. The third-order valence-electron chi connectivity index (χ3n) is 5.53. The summed E-state index contributed by atoms with van der Waals surface area (Å²) in [4.78, 5) is 19.0. The highest BCUT2D eigenvalue weighted by molar-refractivity contribution is 6.31. The van der Waals surface area contributed by atoms with E-state index in [2.05, 4.69) is 4.98 Å². The number of aromatic nitrogens is 2. The Morgan fingerprint density at radius 1 is 1.21 bits per heavy atom. The van der Waals surface area contributed by atoms with Gasteiger partial charge in [-0.15, -0.1) is 0 Å². The number of imidazole rings is 1. The number of alkyl halides is 3. The number of nitrogens with zero attached hydrogens (tertiary/aromatic N) is 3. The van der Waals surface area contributed by atoms with Crippen LogP contribution in [0.15, 0.2) is 48.9 Å². The molecule has 2 heterocycles. The van der Waals surface area contributed by atoms with E-state index in [4.69, 9.17) is 21.1 Å². The predicted octanol–water partition coefficient (Wildman–Crippen LogP) is 6.35. The number of amides is 1. The van der Waals surface area contributed by atoms with E-state index in [-0.39, 0.29) is 29.5 Å². The molecule has 1 fully saturated rings. The zero-order valence-corrected chi connectivity index (χ0v) is 19.7. The first-order valence-corrected chi connectivity index (χ1v) is 11.2. The molecule has 0 aliphatic heterocycles. The van der Waals surface area contributed by atoms with Crippen LogP contribution in [0.2, 0.25) is 5.02 Å². The molecular weight excluding hydrogens is 471 g/mol. The van der Waals surface area contributed by atoms with E-state index < -0.39 is 23.4 Å². The van der Waals surface area contributed by atoms with Gasteiger partial charge in [0.15, 0.2) is 0 Å².